The molecule has 0 saturated heterocycles. The lowest BCUT2D eigenvalue weighted by atomic mass is 9.76. The SMILES string of the molecule is Cc1cc(O)c(C2=CCC(C)C2(C)C)cc1Br. The number of aromatic hydroxyl groups is 1. The van der Waals surface area contributed by atoms with Gasteiger partial charge in [-0.1, -0.05) is 42.8 Å². The first-order chi connectivity index (χ1) is 7.84. The molecule has 92 valence electrons. The Bertz CT molecular complexity index is 486. The minimum Gasteiger partial charge on any atom is -0.507 e. The van der Waals surface area contributed by atoms with Crippen molar-refractivity contribution in [2.24, 2.45) is 11.3 Å². The van der Waals surface area contributed by atoms with Gasteiger partial charge in [-0.25, -0.2) is 0 Å². The Morgan fingerprint density at radius 3 is 2.53 bits per heavy atom. The van der Waals surface area contributed by atoms with Crippen LogP contribution in [0, 0.1) is 18.3 Å². The predicted octanol–water partition coefficient (Wildman–Crippen LogP) is 4.91. The van der Waals surface area contributed by atoms with Crippen LogP contribution in [0.3, 0.4) is 0 Å². The Hall–Kier alpha value is -0.760. The summed E-state index contributed by atoms with van der Waals surface area (Å²) in [7, 11) is 0. The lowest BCUT2D eigenvalue weighted by Gasteiger charge is -2.29. The van der Waals surface area contributed by atoms with Crippen molar-refractivity contribution in [2.45, 2.75) is 34.1 Å². The molecule has 17 heavy (non-hydrogen) atoms. The summed E-state index contributed by atoms with van der Waals surface area (Å²) in [6.45, 7) is 8.77. The third kappa shape index (κ3) is 2.03. The molecule has 1 aromatic rings. The summed E-state index contributed by atoms with van der Waals surface area (Å²) in [5.41, 5.74) is 3.43. The monoisotopic (exact) mass is 294 g/mol. The molecule has 0 aromatic heterocycles. The predicted molar refractivity (Wildman–Crippen MR) is 76.1 cm³/mol. The second-order valence-corrected chi connectivity index (χ2v) is 6.45. The molecule has 2 heteroatoms. The molecule has 0 saturated carbocycles. The first kappa shape index (κ1) is 12.7. The number of phenolic OH excluding ortho intramolecular Hbond substituents is 1. The third-order valence-electron chi connectivity index (χ3n) is 4.17. The molecular weight excluding hydrogens is 276 g/mol. The zero-order valence-electron chi connectivity index (χ0n) is 10.8. The first-order valence-corrected chi connectivity index (χ1v) is 6.83. The van der Waals surface area contributed by atoms with Gasteiger partial charge in [0.15, 0.2) is 0 Å². The first-order valence-electron chi connectivity index (χ1n) is 6.04. The van der Waals surface area contributed by atoms with E-state index in [0.29, 0.717) is 11.7 Å². The molecule has 0 spiro atoms. The molecule has 2 rings (SSSR count). The molecule has 1 atom stereocenters. The highest BCUT2D eigenvalue weighted by atomic mass is 79.9. The van der Waals surface area contributed by atoms with Gasteiger partial charge in [-0.3, -0.25) is 0 Å². The van der Waals surface area contributed by atoms with Crippen LogP contribution < -0.4 is 0 Å². The van der Waals surface area contributed by atoms with Crippen LogP contribution in [0.4, 0.5) is 0 Å². The molecule has 1 unspecified atom stereocenters. The van der Waals surface area contributed by atoms with Gasteiger partial charge < -0.3 is 5.11 Å². The van der Waals surface area contributed by atoms with Crippen molar-refractivity contribution in [2.75, 3.05) is 0 Å². The Balaban J connectivity index is 2.53. The molecule has 0 heterocycles. The molecule has 0 fully saturated rings. The molecule has 0 aliphatic heterocycles. The van der Waals surface area contributed by atoms with Crippen molar-refractivity contribution < 1.29 is 5.11 Å². The summed E-state index contributed by atoms with van der Waals surface area (Å²) < 4.78 is 1.06. The van der Waals surface area contributed by atoms with Crippen LogP contribution in [-0.4, -0.2) is 5.11 Å². The zero-order chi connectivity index (χ0) is 12.8. The van der Waals surface area contributed by atoms with E-state index >= 15 is 0 Å². The van der Waals surface area contributed by atoms with Gasteiger partial charge in [0.05, 0.1) is 0 Å². The maximum absolute atomic E-state index is 10.1. The van der Waals surface area contributed by atoms with E-state index in [2.05, 4.69) is 42.8 Å². The summed E-state index contributed by atoms with van der Waals surface area (Å²) in [4.78, 5) is 0. The number of benzene rings is 1. The number of aryl methyl sites for hydroxylation is 1. The fraction of sp³-hybridized carbons (Fsp3) is 0.467. The third-order valence-corrected chi connectivity index (χ3v) is 5.02. The Kier molecular flexibility index (Phi) is 3.11. The molecule has 1 aromatic carbocycles. The normalized spacial score (nSPS) is 22.6. The van der Waals surface area contributed by atoms with E-state index in [4.69, 9.17) is 0 Å². The van der Waals surface area contributed by atoms with Crippen LogP contribution in [0.25, 0.3) is 5.57 Å². The van der Waals surface area contributed by atoms with Crippen molar-refractivity contribution in [3.8, 4) is 5.75 Å². The van der Waals surface area contributed by atoms with Gasteiger partial charge in [0.1, 0.15) is 5.75 Å². The van der Waals surface area contributed by atoms with E-state index in [1.807, 2.05) is 19.1 Å². The minimum absolute atomic E-state index is 0.131. The smallest absolute Gasteiger partial charge is 0.123 e. The van der Waals surface area contributed by atoms with Crippen LogP contribution >= 0.6 is 15.9 Å². The Labute approximate surface area is 112 Å². The average Bonchev–Trinajstić information content (AvgIpc) is 2.49. The van der Waals surface area contributed by atoms with Gasteiger partial charge in [-0.2, -0.15) is 0 Å². The van der Waals surface area contributed by atoms with Crippen molar-refractivity contribution in [1.82, 2.24) is 0 Å². The average molecular weight is 295 g/mol. The van der Waals surface area contributed by atoms with E-state index in [1.54, 1.807) is 0 Å². The van der Waals surface area contributed by atoms with Crippen molar-refractivity contribution in [1.29, 1.82) is 0 Å². The highest BCUT2D eigenvalue weighted by molar-refractivity contribution is 9.10. The summed E-state index contributed by atoms with van der Waals surface area (Å²) in [5.74, 6) is 1.01. The summed E-state index contributed by atoms with van der Waals surface area (Å²) >= 11 is 3.54. The Morgan fingerprint density at radius 1 is 1.35 bits per heavy atom. The topological polar surface area (TPSA) is 20.2 Å². The van der Waals surface area contributed by atoms with Gasteiger partial charge in [-0.05, 0) is 47.9 Å². The van der Waals surface area contributed by atoms with Gasteiger partial charge in [0, 0.05) is 10.0 Å². The molecule has 0 amide bonds. The van der Waals surface area contributed by atoms with Crippen LogP contribution in [0.1, 0.15) is 38.3 Å². The fourth-order valence-corrected chi connectivity index (χ4v) is 2.80. The summed E-state index contributed by atoms with van der Waals surface area (Å²) in [6.07, 6.45) is 3.36. The number of rotatable bonds is 1. The molecule has 0 bridgehead atoms. The van der Waals surface area contributed by atoms with E-state index < -0.39 is 0 Å². The quantitative estimate of drug-likeness (QED) is 0.780. The second kappa shape index (κ2) is 4.16. The zero-order valence-corrected chi connectivity index (χ0v) is 12.4. The van der Waals surface area contributed by atoms with Crippen molar-refractivity contribution in [3.05, 3.63) is 33.8 Å². The molecule has 0 radical (unpaired) electrons. The standard InChI is InChI=1S/C15H19BrO/c1-9-7-14(17)11(8-13(9)16)12-6-5-10(2)15(12,3)4/h6-8,10,17H,5H2,1-4H3. The van der Waals surface area contributed by atoms with E-state index in [-0.39, 0.29) is 5.41 Å². The maximum atomic E-state index is 10.1. The lowest BCUT2D eigenvalue weighted by molar-refractivity contribution is 0.346. The molecule has 1 N–H and O–H groups in total. The van der Waals surface area contributed by atoms with Gasteiger partial charge in [0.25, 0.3) is 0 Å². The largest absolute Gasteiger partial charge is 0.507 e. The number of halogens is 1. The van der Waals surface area contributed by atoms with Crippen LogP contribution in [-0.2, 0) is 0 Å². The maximum Gasteiger partial charge on any atom is 0.123 e. The highest BCUT2D eigenvalue weighted by Crippen LogP contribution is 2.50. The molecule has 1 nitrogen and oxygen atoms in total. The number of allylic oxidation sites excluding steroid dienone is 2. The van der Waals surface area contributed by atoms with E-state index in [0.717, 1.165) is 22.0 Å². The van der Waals surface area contributed by atoms with Crippen molar-refractivity contribution >= 4 is 21.5 Å². The minimum atomic E-state index is 0.131. The van der Waals surface area contributed by atoms with Gasteiger partial charge >= 0.3 is 0 Å². The summed E-state index contributed by atoms with van der Waals surface area (Å²) in [6, 6.07) is 3.87. The Morgan fingerprint density at radius 2 is 2.00 bits per heavy atom. The van der Waals surface area contributed by atoms with Crippen LogP contribution in [0.2, 0.25) is 0 Å². The second-order valence-electron chi connectivity index (χ2n) is 5.59. The van der Waals surface area contributed by atoms with Crippen molar-refractivity contribution in [3.63, 3.8) is 0 Å². The van der Waals surface area contributed by atoms with E-state index in [1.165, 1.54) is 5.57 Å². The fourth-order valence-electron chi connectivity index (χ4n) is 2.46. The highest BCUT2D eigenvalue weighted by Gasteiger charge is 2.35. The lowest BCUT2D eigenvalue weighted by Crippen LogP contribution is -2.18. The summed E-state index contributed by atoms with van der Waals surface area (Å²) in [5, 5.41) is 10.1. The number of hydrogen-bond donors (Lipinski definition) is 1. The van der Waals surface area contributed by atoms with Gasteiger partial charge in [-0.15, -0.1) is 0 Å². The van der Waals surface area contributed by atoms with E-state index in [9.17, 15) is 5.11 Å². The van der Waals surface area contributed by atoms with Crippen LogP contribution in [0.5, 0.6) is 5.75 Å². The number of hydrogen-bond acceptors (Lipinski definition) is 1. The number of phenols is 1. The van der Waals surface area contributed by atoms with Crippen LogP contribution in [0.15, 0.2) is 22.7 Å². The molecular formula is C15H19BrO. The molecule has 1 aliphatic carbocycles. The van der Waals surface area contributed by atoms with Gasteiger partial charge in [0.2, 0.25) is 0 Å². The molecule has 1 aliphatic rings.